The van der Waals surface area contributed by atoms with Crippen molar-refractivity contribution in [3.8, 4) is 0 Å². The van der Waals surface area contributed by atoms with Gasteiger partial charge in [0, 0.05) is 6.54 Å². The fraction of sp³-hybridized carbons (Fsp3) is 0.500. The number of thiocarbonyl (C=S) groups is 1. The first-order chi connectivity index (χ1) is 10.5. The quantitative estimate of drug-likeness (QED) is 0.607. The minimum absolute atomic E-state index is 0.0157. The molecule has 0 saturated carbocycles. The summed E-state index contributed by atoms with van der Waals surface area (Å²) in [5, 5.41) is 5.90. The van der Waals surface area contributed by atoms with Crippen molar-refractivity contribution in [2.75, 3.05) is 25.1 Å². The van der Waals surface area contributed by atoms with E-state index in [0.29, 0.717) is 6.54 Å². The van der Waals surface area contributed by atoms with E-state index in [2.05, 4.69) is 10.6 Å². The Balaban J connectivity index is 3.26. The van der Waals surface area contributed by atoms with E-state index < -0.39 is 11.9 Å². The van der Waals surface area contributed by atoms with Gasteiger partial charge in [0.15, 0.2) is 5.11 Å². The number of rotatable bonds is 6. The van der Waals surface area contributed by atoms with Crippen LogP contribution < -0.4 is 10.6 Å². The molecule has 0 spiro atoms. The molecule has 22 heavy (non-hydrogen) atoms. The summed E-state index contributed by atoms with van der Waals surface area (Å²) in [7, 11) is 0. The molecule has 0 aromatic carbocycles. The van der Waals surface area contributed by atoms with Crippen molar-refractivity contribution in [3.05, 3.63) is 16.9 Å². The molecule has 7 nitrogen and oxygen atoms in total. The lowest BCUT2D eigenvalue weighted by Gasteiger charge is -2.08. The van der Waals surface area contributed by atoms with Crippen molar-refractivity contribution in [1.82, 2.24) is 5.32 Å². The van der Waals surface area contributed by atoms with E-state index in [4.69, 9.17) is 26.1 Å². The van der Waals surface area contributed by atoms with Crippen LogP contribution in [0.2, 0.25) is 0 Å². The van der Waals surface area contributed by atoms with Crippen LogP contribution in [0.15, 0.2) is 4.42 Å². The van der Waals surface area contributed by atoms with Crippen LogP contribution in [0, 0.1) is 6.92 Å². The molecule has 1 aromatic heterocycles. The van der Waals surface area contributed by atoms with Crippen LogP contribution in [-0.4, -0.2) is 36.8 Å². The van der Waals surface area contributed by atoms with Crippen molar-refractivity contribution in [1.29, 1.82) is 0 Å². The minimum Gasteiger partial charge on any atom is -0.462 e. The van der Waals surface area contributed by atoms with Gasteiger partial charge in [0.25, 0.3) is 0 Å². The lowest BCUT2D eigenvalue weighted by Crippen LogP contribution is -2.28. The topological polar surface area (TPSA) is 89.8 Å². The molecule has 2 N–H and O–H groups in total. The number of anilines is 1. The van der Waals surface area contributed by atoms with Gasteiger partial charge in [-0.05, 0) is 39.9 Å². The second-order valence-corrected chi connectivity index (χ2v) is 4.57. The Bertz CT molecular complexity index is 568. The second kappa shape index (κ2) is 8.38. The van der Waals surface area contributed by atoms with Crippen LogP contribution in [0.1, 0.15) is 47.2 Å². The predicted octanol–water partition coefficient (Wildman–Crippen LogP) is 2.25. The second-order valence-electron chi connectivity index (χ2n) is 4.16. The van der Waals surface area contributed by atoms with Gasteiger partial charge in [-0.3, -0.25) is 0 Å². The van der Waals surface area contributed by atoms with Crippen molar-refractivity contribution in [3.63, 3.8) is 0 Å². The molecular weight excluding hydrogens is 308 g/mol. The number of nitrogens with one attached hydrogen (secondary N) is 2. The van der Waals surface area contributed by atoms with E-state index in [1.165, 1.54) is 0 Å². The van der Waals surface area contributed by atoms with Crippen molar-refractivity contribution in [2.24, 2.45) is 0 Å². The van der Waals surface area contributed by atoms with Gasteiger partial charge in [-0.2, -0.15) is 0 Å². The first-order valence-electron chi connectivity index (χ1n) is 6.98. The highest BCUT2D eigenvalue weighted by molar-refractivity contribution is 7.80. The van der Waals surface area contributed by atoms with Gasteiger partial charge >= 0.3 is 11.9 Å². The van der Waals surface area contributed by atoms with Crippen LogP contribution in [0.5, 0.6) is 0 Å². The Morgan fingerprint density at radius 2 is 1.64 bits per heavy atom. The fourth-order valence-corrected chi connectivity index (χ4v) is 2.02. The highest BCUT2D eigenvalue weighted by Gasteiger charge is 2.30. The molecule has 0 fully saturated rings. The van der Waals surface area contributed by atoms with Crippen LogP contribution in [0.3, 0.4) is 0 Å². The summed E-state index contributed by atoms with van der Waals surface area (Å²) in [5.74, 6) is -1.01. The zero-order valence-electron chi connectivity index (χ0n) is 13.1. The lowest BCUT2D eigenvalue weighted by atomic mass is 10.1. The van der Waals surface area contributed by atoms with Crippen LogP contribution in [-0.2, 0) is 9.47 Å². The third-order valence-electron chi connectivity index (χ3n) is 2.61. The first-order valence-corrected chi connectivity index (χ1v) is 7.39. The molecule has 8 heteroatoms. The third kappa shape index (κ3) is 4.20. The molecule has 0 aliphatic heterocycles. The van der Waals surface area contributed by atoms with E-state index in [1.54, 1.807) is 20.8 Å². The van der Waals surface area contributed by atoms with E-state index >= 15 is 0 Å². The molecule has 0 unspecified atom stereocenters. The third-order valence-corrected chi connectivity index (χ3v) is 2.85. The van der Waals surface area contributed by atoms with Gasteiger partial charge in [-0.15, -0.1) is 0 Å². The summed E-state index contributed by atoms with van der Waals surface area (Å²) in [6.45, 7) is 7.74. The van der Waals surface area contributed by atoms with E-state index in [0.717, 1.165) is 0 Å². The van der Waals surface area contributed by atoms with Gasteiger partial charge in [0.05, 0.1) is 13.2 Å². The van der Waals surface area contributed by atoms with E-state index in [-0.39, 0.29) is 41.1 Å². The molecule has 0 radical (unpaired) electrons. The maximum atomic E-state index is 12.2. The molecule has 0 aliphatic rings. The first kappa shape index (κ1) is 18.0. The minimum atomic E-state index is -0.677. The fourth-order valence-electron chi connectivity index (χ4n) is 1.79. The molecule has 0 amide bonds. The average molecular weight is 328 g/mol. The largest absolute Gasteiger partial charge is 0.462 e. The summed E-state index contributed by atoms with van der Waals surface area (Å²) in [4.78, 5) is 24.2. The van der Waals surface area contributed by atoms with Crippen LogP contribution >= 0.6 is 12.2 Å². The molecule has 122 valence electrons. The normalized spacial score (nSPS) is 10.0. The number of carbonyl (C=O) groups is 2. The number of furan rings is 1. The number of esters is 2. The average Bonchev–Trinajstić information content (AvgIpc) is 2.75. The summed E-state index contributed by atoms with van der Waals surface area (Å²) in [5.41, 5.74) is 0.0279. The molecule has 0 saturated heterocycles. The summed E-state index contributed by atoms with van der Waals surface area (Å²) < 4.78 is 15.4. The smallest absolute Gasteiger partial charge is 0.344 e. The van der Waals surface area contributed by atoms with Crippen molar-refractivity contribution < 1.29 is 23.5 Å². The molecule has 0 atom stereocenters. The van der Waals surface area contributed by atoms with Gasteiger partial charge in [0.1, 0.15) is 16.9 Å². The molecule has 1 aromatic rings. The van der Waals surface area contributed by atoms with Gasteiger partial charge in [-0.1, -0.05) is 0 Å². The molecular formula is C14H20N2O5S. The highest BCUT2D eigenvalue weighted by Crippen LogP contribution is 2.28. The predicted molar refractivity (Wildman–Crippen MR) is 85.3 cm³/mol. The molecule has 0 aliphatic carbocycles. The van der Waals surface area contributed by atoms with Crippen LogP contribution in [0.25, 0.3) is 0 Å². The Labute approximate surface area is 134 Å². The van der Waals surface area contributed by atoms with Gasteiger partial charge in [-0.25, -0.2) is 9.59 Å². The maximum absolute atomic E-state index is 12.2. The Kier molecular flexibility index (Phi) is 6.84. The van der Waals surface area contributed by atoms with Gasteiger partial charge in [0.2, 0.25) is 5.88 Å². The summed E-state index contributed by atoms with van der Waals surface area (Å²) >= 11 is 5.06. The Morgan fingerprint density at radius 1 is 1.09 bits per heavy atom. The van der Waals surface area contributed by atoms with E-state index in [9.17, 15) is 9.59 Å². The highest BCUT2D eigenvalue weighted by atomic mass is 32.1. The molecule has 1 rings (SSSR count). The van der Waals surface area contributed by atoms with Crippen molar-refractivity contribution in [2.45, 2.75) is 27.7 Å². The zero-order valence-corrected chi connectivity index (χ0v) is 13.9. The van der Waals surface area contributed by atoms with Crippen molar-refractivity contribution >= 4 is 35.2 Å². The van der Waals surface area contributed by atoms with E-state index in [1.807, 2.05) is 6.92 Å². The zero-order chi connectivity index (χ0) is 16.7. The molecule has 0 bridgehead atoms. The lowest BCUT2D eigenvalue weighted by molar-refractivity contribution is 0.0480. The Morgan fingerprint density at radius 3 is 2.14 bits per heavy atom. The number of aryl methyl sites for hydroxylation is 1. The number of carbonyl (C=O) groups excluding carboxylic acids is 2. The number of hydrogen-bond acceptors (Lipinski definition) is 6. The SMILES string of the molecule is CCNC(=S)Nc1oc(C)c(C(=O)OCC)c1C(=O)OCC. The monoisotopic (exact) mass is 328 g/mol. The summed E-state index contributed by atoms with van der Waals surface area (Å²) in [6.07, 6.45) is 0. The standard InChI is InChI=1S/C14H20N2O5S/c1-5-15-14(22)16-11-10(13(18)20-7-3)9(8(4)21-11)12(17)19-6-2/h5-7H2,1-4H3,(H2,15,16,22). The van der Waals surface area contributed by atoms with Crippen LogP contribution in [0.4, 0.5) is 5.88 Å². The summed E-state index contributed by atoms with van der Waals surface area (Å²) in [6, 6.07) is 0. The number of ether oxygens (including phenoxy) is 2. The molecule has 1 heterocycles. The number of hydrogen-bond donors (Lipinski definition) is 2. The maximum Gasteiger partial charge on any atom is 0.344 e. The Hall–Kier alpha value is -2.09. The van der Waals surface area contributed by atoms with Gasteiger partial charge < -0.3 is 24.5 Å².